The summed E-state index contributed by atoms with van der Waals surface area (Å²) in [5.41, 5.74) is 0.876. The van der Waals surface area contributed by atoms with Crippen LogP contribution >= 0.6 is 12.4 Å². The summed E-state index contributed by atoms with van der Waals surface area (Å²) < 4.78 is 55.8. The number of halogens is 5. The molecule has 3 nitrogen and oxygen atoms in total. The highest BCUT2D eigenvalue weighted by Crippen LogP contribution is 2.40. The smallest absolute Gasteiger partial charge is 0.428 e. The van der Waals surface area contributed by atoms with Crippen molar-refractivity contribution in [1.29, 1.82) is 0 Å². The number of rotatable bonds is 6. The molecule has 2 aliphatic rings. The highest BCUT2D eigenvalue weighted by Gasteiger charge is 2.44. The van der Waals surface area contributed by atoms with E-state index >= 15 is 0 Å². The van der Waals surface area contributed by atoms with Crippen LogP contribution in [0.25, 0.3) is 0 Å². The summed E-state index contributed by atoms with van der Waals surface area (Å²) in [6, 6.07) is 6.45. The van der Waals surface area contributed by atoms with Gasteiger partial charge in [-0.1, -0.05) is 31.4 Å². The van der Waals surface area contributed by atoms with E-state index in [1.54, 1.807) is 6.07 Å². The Morgan fingerprint density at radius 2 is 1.74 bits per heavy atom. The van der Waals surface area contributed by atoms with E-state index in [0.717, 1.165) is 44.6 Å². The first-order valence-corrected chi connectivity index (χ1v) is 9.37. The van der Waals surface area contributed by atoms with Crippen molar-refractivity contribution in [3.63, 3.8) is 0 Å². The van der Waals surface area contributed by atoms with Gasteiger partial charge in [0.1, 0.15) is 5.75 Å². The lowest BCUT2D eigenvalue weighted by Gasteiger charge is -2.41. The van der Waals surface area contributed by atoms with E-state index in [-0.39, 0.29) is 24.2 Å². The summed E-state index contributed by atoms with van der Waals surface area (Å²) in [7, 11) is 0. The van der Waals surface area contributed by atoms with Crippen LogP contribution in [0.2, 0.25) is 0 Å². The Bertz CT molecular complexity index is 561. The van der Waals surface area contributed by atoms with Crippen molar-refractivity contribution in [2.75, 3.05) is 26.2 Å². The molecule has 3 rings (SSSR count). The molecule has 27 heavy (non-hydrogen) atoms. The lowest BCUT2D eigenvalue weighted by molar-refractivity contribution is -0.253. The third-order valence-corrected chi connectivity index (χ3v) is 5.35. The quantitative estimate of drug-likeness (QED) is 0.677. The lowest BCUT2D eigenvalue weighted by Crippen LogP contribution is -2.47. The molecule has 1 heterocycles. The maximum Gasteiger partial charge on any atom is 0.461 e. The molecule has 2 fully saturated rings. The molecule has 1 N–H and O–H groups in total. The van der Waals surface area contributed by atoms with Gasteiger partial charge in [-0.25, -0.2) is 0 Å². The van der Waals surface area contributed by atoms with Crippen LogP contribution in [0.3, 0.4) is 0 Å². The Hall–Kier alpha value is -1.05. The zero-order valence-corrected chi connectivity index (χ0v) is 16.0. The van der Waals surface area contributed by atoms with Gasteiger partial charge in [0.15, 0.2) is 0 Å². The molecule has 0 unspecified atom stereocenters. The Labute approximate surface area is 163 Å². The first-order chi connectivity index (χ1) is 12.5. The van der Waals surface area contributed by atoms with E-state index < -0.39 is 12.5 Å². The number of benzene rings is 1. The SMILES string of the molecule is Cl.FC(F)C(F)(F)Oc1cccc([C@@H](C2CCCCC2)N2CCNCC2)c1. The van der Waals surface area contributed by atoms with E-state index in [9.17, 15) is 17.6 Å². The second-order valence-electron chi connectivity index (χ2n) is 7.17. The minimum atomic E-state index is -4.48. The molecule has 1 aliphatic carbocycles. The van der Waals surface area contributed by atoms with Crippen LogP contribution < -0.4 is 10.1 Å². The van der Waals surface area contributed by atoms with Crippen LogP contribution in [-0.2, 0) is 0 Å². The monoisotopic (exact) mass is 410 g/mol. The molecular formula is C19H27ClF4N2O. The van der Waals surface area contributed by atoms with Gasteiger partial charge in [-0.05, 0) is 36.5 Å². The first kappa shape index (κ1) is 22.2. The number of alkyl halides is 4. The fraction of sp³-hybridized carbons (Fsp3) is 0.684. The molecule has 1 aromatic rings. The van der Waals surface area contributed by atoms with E-state index in [2.05, 4.69) is 15.0 Å². The molecule has 1 saturated carbocycles. The molecular weight excluding hydrogens is 384 g/mol. The topological polar surface area (TPSA) is 24.5 Å². The van der Waals surface area contributed by atoms with Crippen molar-refractivity contribution >= 4 is 12.4 Å². The van der Waals surface area contributed by atoms with Crippen molar-refractivity contribution in [2.45, 2.75) is 50.7 Å². The molecule has 1 atom stereocenters. The van der Waals surface area contributed by atoms with Gasteiger partial charge in [0.2, 0.25) is 0 Å². The highest BCUT2D eigenvalue weighted by atomic mass is 35.5. The van der Waals surface area contributed by atoms with Gasteiger partial charge in [-0.3, -0.25) is 4.90 Å². The number of hydrogen-bond donors (Lipinski definition) is 1. The molecule has 154 valence electrons. The predicted octanol–water partition coefficient (Wildman–Crippen LogP) is 4.87. The predicted molar refractivity (Wildman–Crippen MR) is 99.0 cm³/mol. The van der Waals surface area contributed by atoms with Crippen molar-refractivity contribution in [1.82, 2.24) is 10.2 Å². The molecule has 1 aliphatic heterocycles. The van der Waals surface area contributed by atoms with Gasteiger partial charge >= 0.3 is 12.5 Å². The van der Waals surface area contributed by atoms with Crippen LogP contribution in [0.1, 0.15) is 43.7 Å². The molecule has 1 saturated heterocycles. The second-order valence-corrected chi connectivity index (χ2v) is 7.17. The minimum Gasteiger partial charge on any atom is -0.428 e. The number of piperazine rings is 1. The summed E-state index contributed by atoms with van der Waals surface area (Å²) >= 11 is 0. The summed E-state index contributed by atoms with van der Waals surface area (Å²) in [4.78, 5) is 2.39. The Morgan fingerprint density at radius 1 is 1.07 bits per heavy atom. The maximum atomic E-state index is 13.3. The minimum absolute atomic E-state index is 0. The zero-order valence-electron chi connectivity index (χ0n) is 15.2. The van der Waals surface area contributed by atoms with Gasteiger partial charge < -0.3 is 10.1 Å². The van der Waals surface area contributed by atoms with Crippen LogP contribution in [0.15, 0.2) is 24.3 Å². The van der Waals surface area contributed by atoms with Gasteiger partial charge in [0, 0.05) is 32.2 Å². The number of ether oxygens (including phenoxy) is 1. The Morgan fingerprint density at radius 3 is 2.37 bits per heavy atom. The second kappa shape index (κ2) is 9.94. The number of nitrogens with one attached hydrogen (secondary N) is 1. The third kappa shape index (κ3) is 5.72. The molecule has 8 heteroatoms. The third-order valence-electron chi connectivity index (χ3n) is 5.35. The van der Waals surface area contributed by atoms with E-state index in [0.29, 0.717) is 5.92 Å². The first-order valence-electron chi connectivity index (χ1n) is 9.37. The molecule has 0 radical (unpaired) electrons. The molecule has 1 aromatic carbocycles. The lowest BCUT2D eigenvalue weighted by atomic mass is 9.80. The maximum absolute atomic E-state index is 13.3. The van der Waals surface area contributed by atoms with Crippen molar-refractivity contribution < 1.29 is 22.3 Å². The Kier molecular flexibility index (Phi) is 8.19. The van der Waals surface area contributed by atoms with Crippen molar-refractivity contribution in [2.24, 2.45) is 5.92 Å². The summed E-state index contributed by atoms with van der Waals surface area (Å²) in [5.74, 6) is 0.247. The van der Waals surface area contributed by atoms with Crippen molar-refractivity contribution in [3.05, 3.63) is 29.8 Å². The fourth-order valence-electron chi connectivity index (χ4n) is 4.16. The van der Waals surface area contributed by atoms with Crippen LogP contribution in [0, 0.1) is 5.92 Å². The average Bonchev–Trinajstić information content (AvgIpc) is 2.64. The van der Waals surface area contributed by atoms with Gasteiger partial charge in [0.05, 0.1) is 0 Å². The Balaban J connectivity index is 0.00000261. The van der Waals surface area contributed by atoms with Crippen molar-refractivity contribution in [3.8, 4) is 5.75 Å². The largest absolute Gasteiger partial charge is 0.461 e. The van der Waals surface area contributed by atoms with E-state index in [4.69, 9.17) is 0 Å². The summed E-state index contributed by atoms with van der Waals surface area (Å²) in [6.45, 7) is 3.56. The number of hydrogen-bond acceptors (Lipinski definition) is 3. The molecule has 0 aromatic heterocycles. The van der Waals surface area contributed by atoms with Crippen LogP contribution in [0.4, 0.5) is 17.6 Å². The summed E-state index contributed by atoms with van der Waals surface area (Å²) in [5, 5.41) is 3.33. The van der Waals surface area contributed by atoms with E-state index in [1.165, 1.54) is 31.4 Å². The highest BCUT2D eigenvalue weighted by molar-refractivity contribution is 5.85. The molecule has 0 bridgehead atoms. The fourth-order valence-corrected chi connectivity index (χ4v) is 4.16. The van der Waals surface area contributed by atoms with Gasteiger partial charge in [0.25, 0.3) is 0 Å². The van der Waals surface area contributed by atoms with Gasteiger partial charge in [-0.2, -0.15) is 17.6 Å². The standard InChI is InChI=1S/C19H26F4N2O.ClH/c20-18(21)19(22,23)26-16-8-4-7-15(13-16)17(14-5-2-1-3-6-14)25-11-9-24-10-12-25;/h4,7-8,13-14,17-18,24H,1-3,5-6,9-12H2;1H/t17-;/m1./s1. The van der Waals surface area contributed by atoms with E-state index in [1.807, 2.05) is 6.07 Å². The molecule has 0 spiro atoms. The average molecular weight is 411 g/mol. The summed E-state index contributed by atoms with van der Waals surface area (Å²) in [6.07, 6.45) is -2.55. The number of nitrogens with zero attached hydrogens (tertiary/aromatic N) is 1. The van der Waals surface area contributed by atoms with Crippen LogP contribution in [-0.4, -0.2) is 43.6 Å². The van der Waals surface area contributed by atoms with Crippen LogP contribution in [0.5, 0.6) is 5.75 Å². The normalized spacial score (nSPS) is 20.9. The van der Waals surface area contributed by atoms with Gasteiger partial charge in [-0.15, -0.1) is 12.4 Å². The zero-order chi connectivity index (χ0) is 18.6. The molecule has 0 amide bonds.